The highest BCUT2D eigenvalue weighted by Gasteiger charge is 2.33. The quantitative estimate of drug-likeness (QED) is 0.543. The van der Waals surface area contributed by atoms with Crippen molar-refractivity contribution in [2.45, 2.75) is 51.6 Å². The van der Waals surface area contributed by atoms with Gasteiger partial charge in [0.2, 0.25) is 5.91 Å². The highest BCUT2D eigenvalue weighted by Crippen LogP contribution is 2.39. The Morgan fingerprint density at radius 3 is 2.78 bits per heavy atom. The van der Waals surface area contributed by atoms with Crippen molar-refractivity contribution in [1.82, 2.24) is 20.1 Å². The SMILES string of the molecule is Cc1cc(Cn2cc(C(=O)NC3CC(c4cc(Cl)ccc4C#N)C3)cn2)cnc1N1CCC(C)C1=O. The van der Waals surface area contributed by atoms with Gasteiger partial charge in [-0.05, 0) is 73.1 Å². The van der Waals surface area contributed by atoms with Gasteiger partial charge in [-0.2, -0.15) is 10.4 Å². The van der Waals surface area contributed by atoms with E-state index in [1.807, 2.05) is 26.0 Å². The molecule has 0 radical (unpaired) electrons. The molecule has 1 aliphatic carbocycles. The van der Waals surface area contributed by atoms with E-state index in [1.54, 1.807) is 40.3 Å². The van der Waals surface area contributed by atoms with Crippen LogP contribution in [0.2, 0.25) is 5.02 Å². The first-order valence-electron chi connectivity index (χ1n) is 12.1. The molecule has 3 heterocycles. The molecule has 1 N–H and O–H groups in total. The lowest BCUT2D eigenvalue weighted by molar-refractivity contribution is -0.119. The largest absolute Gasteiger partial charge is 0.349 e. The maximum Gasteiger partial charge on any atom is 0.254 e. The molecule has 1 atom stereocenters. The molecule has 2 amide bonds. The van der Waals surface area contributed by atoms with Crippen LogP contribution in [-0.4, -0.2) is 39.2 Å². The Kier molecular flexibility index (Phi) is 6.50. The fourth-order valence-electron chi connectivity index (χ4n) is 5.01. The lowest BCUT2D eigenvalue weighted by atomic mass is 9.74. The van der Waals surface area contributed by atoms with Crippen molar-refractivity contribution in [2.75, 3.05) is 11.4 Å². The zero-order chi connectivity index (χ0) is 25.4. The molecule has 3 aromatic rings. The van der Waals surface area contributed by atoms with Crippen LogP contribution in [0.15, 0.2) is 42.9 Å². The number of carbonyl (C=O) groups excluding carboxylic acids is 2. The van der Waals surface area contributed by atoms with Gasteiger partial charge < -0.3 is 5.32 Å². The fourth-order valence-corrected chi connectivity index (χ4v) is 5.19. The molecule has 2 aromatic heterocycles. The Labute approximate surface area is 214 Å². The number of nitriles is 1. The van der Waals surface area contributed by atoms with E-state index in [0.717, 1.165) is 36.0 Å². The summed E-state index contributed by atoms with van der Waals surface area (Å²) in [4.78, 5) is 31.4. The van der Waals surface area contributed by atoms with Crippen LogP contribution in [0, 0.1) is 24.2 Å². The minimum atomic E-state index is -0.164. The van der Waals surface area contributed by atoms with Gasteiger partial charge in [0.05, 0.1) is 29.9 Å². The first-order valence-corrected chi connectivity index (χ1v) is 12.5. The first kappa shape index (κ1) is 24.0. The summed E-state index contributed by atoms with van der Waals surface area (Å²) >= 11 is 6.11. The molecule has 1 aromatic carbocycles. The molecule has 0 bridgehead atoms. The smallest absolute Gasteiger partial charge is 0.254 e. The number of amides is 2. The molecule has 2 fully saturated rings. The zero-order valence-corrected chi connectivity index (χ0v) is 21.0. The number of aryl methyl sites for hydroxylation is 1. The van der Waals surface area contributed by atoms with Gasteiger partial charge in [-0.15, -0.1) is 0 Å². The highest BCUT2D eigenvalue weighted by molar-refractivity contribution is 6.30. The maximum absolute atomic E-state index is 12.7. The number of nitrogens with one attached hydrogen (secondary N) is 1. The van der Waals surface area contributed by atoms with E-state index in [1.165, 1.54) is 0 Å². The van der Waals surface area contributed by atoms with Gasteiger partial charge in [-0.3, -0.25) is 19.2 Å². The Hall–Kier alpha value is -3.70. The standard InChI is InChI=1S/C27H27ClN6O2/c1-16-5-6-34(27(16)36)25-17(2)7-18(12-30-25)14-33-15-21(13-31-33)26(35)32-23-8-20(9-23)24-10-22(28)4-3-19(24)11-29/h3-4,7,10,12-13,15-16,20,23H,5-6,8-9,14H2,1-2H3,(H,32,35). The van der Waals surface area contributed by atoms with E-state index in [9.17, 15) is 14.9 Å². The van der Waals surface area contributed by atoms with E-state index in [2.05, 4.69) is 21.5 Å². The van der Waals surface area contributed by atoms with Crippen molar-refractivity contribution in [1.29, 1.82) is 5.26 Å². The number of hydrogen-bond donors (Lipinski definition) is 1. The number of pyridine rings is 1. The number of benzene rings is 1. The first-order chi connectivity index (χ1) is 17.3. The molecule has 184 valence electrons. The molecule has 9 heteroatoms. The number of carbonyl (C=O) groups is 2. The van der Waals surface area contributed by atoms with Crippen molar-refractivity contribution in [3.63, 3.8) is 0 Å². The molecule has 1 aliphatic heterocycles. The number of hydrogen-bond acceptors (Lipinski definition) is 5. The molecule has 8 nitrogen and oxygen atoms in total. The average molecular weight is 503 g/mol. The molecule has 1 unspecified atom stereocenters. The Morgan fingerprint density at radius 2 is 2.08 bits per heavy atom. The van der Waals surface area contributed by atoms with Crippen LogP contribution in [0.3, 0.4) is 0 Å². The van der Waals surface area contributed by atoms with E-state index in [-0.39, 0.29) is 29.7 Å². The summed E-state index contributed by atoms with van der Waals surface area (Å²) in [5, 5.41) is 17.4. The number of nitrogens with zero attached hydrogens (tertiary/aromatic N) is 5. The number of halogens is 1. The average Bonchev–Trinajstić information content (AvgIpc) is 3.43. The molecule has 36 heavy (non-hydrogen) atoms. The predicted molar refractivity (Wildman–Crippen MR) is 136 cm³/mol. The highest BCUT2D eigenvalue weighted by atomic mass is 35.5. The second kappa shape index (κ2) is 9.75. The fraction of sp³-hybridized carbons (Fsp3) is 0.370. The van der Waals surface area contributed by atoms with Gasteiger partial charge in [0, 0.05) is 35.9 Å². The van der Waals surface area contributed by atoms with Crippen molar-refractivity contribution in [2.24, 2.45) is 5.92 Å². The summed E-state index contributed by atoms with van der Waals surface area (Å²) in [6.45, 7) is 5.08. The van der Waals surface area contributed by atoms with E-state index in [4.69, 9.17) is 11.6 Å². The van der Waals surface area contributed by atoms with Crippen molar-refractivity contribution >= 4 is 29.2 Å². The molecule has 2 aliphatic rings. The minimum absolute atomic E-state index is 0.0391. The Balaban J connectivity index is 1.17. The number of aromatic nitrogens is 3. The Morgan fingerprint density at radius 1 is 1.28 bits per heavy atom. The van der Waals surface area contributed by atoms with Crippen molar-refractivity contribution in [3.05, 3.63) is 75.7 Å². The molecular weight excluding hydrogens is 476 g/mol. The second-order valence-electron chi connectivity index (χ2n) is 9.77. The molecule has 1 saturated heterocycles. The normalized spacial score (nSPS) is 21.2. The second-order valence-corrected chi connectivity index (χ2v) is 10.2. The minimum Gasteiger partial charge on any atom is -0.349 e. The van der Waals surface area contributed by atoms with Crippen LogP contribution in [0.25, 0.3) is 0 Å². The summed E-state index contributed by atoms with van der Waals surface area (Å²) < 4.78 is 1.71. The molecule has 1 saturated carbocycles. The summed E-state index contributed by atoms with van der Waals surface area (Å²) in [6, 6.07) is 9.60. The third kappa shape index (κ3) is 4.71. The topological polar surface area (TPSA) is 104 Å². The third-order valence-electron chi connectivity index (χ3n) is 7.12. The monoisotopic (exact) mass is 502 g/mol. The van der Waals surface area contributed by atoms with Gasteiger partial charge in [0.15, 0.2) is 0 Å². The molecular formula is C27H27ClN6O2. The summed E-state index contributed by atoms with van der Waals surface area (Å²) in [7, 11) is 0. The van der Waals surface area contributed by atoms with Gasteiger partial charge in [-0.25, -0.2) is 4.98 Å². The van der Waals surface area contributed by atoms with E-state index in [0.29, 0.717) is 35.1 Å². The van der Waals surface area contributed by atoms with Crippen LogP contribution in [0.4, 0.5) is 5.82 Å². The van der Waals surface area contributed by atoms with Gasteiger partial charge in [0.1, 0.15) is 5.82 Å². The van der Waals surface area contributed by atoms with Gasteiger partial charge in [-0.1, -0.05) is 18.5 Å². The maximum atomic E-state index is 12.7. The van der Waals surface area contributed by atoms with Crippen LogP contribution in [0.1, 0.15) is 64.7 Å². The zero-order valence-electron chi connectivity index (χ0n) is 20.2. The number of rotatable bonds is 6. The Bertz CT molecular complexity index is 1370. The van der Waals surface area contributed by atoms with Gasteiger partial charge in [0.25, 0.3) is 5.91 Å². The van der Waals surface area contributed by atoms with Crippen molar-refractivity contribution in [3.8, 4) is 6.07 Å². The molecule has 5 rings (SSSR count). The lowest BCUT2D eigenvalue weighted by Crippen LogP contribution is -2.43. The summed E-state index contributed by atoms with van der Waals surface area (Å²) in [5.41, 5.74) is 3.97. The summed E-state index contributed by atoms with van der Waals surface area (Å²) in [6.07, 6.45) is 7.44. The molecule has 0 spiro atoms. The van der Waals surface area contributed by atoms with E-state index >= 15 is 0 Å². The van der Waals surface area contributed by atoms with E-state index < -0.39 is 0 Å². The lowest BCUT2D eigenvalue weighted by Gasteiger charge is -2.36. The van der Waals surface area contributed by atoms with Crippen LogP contribution >= 0.6 is 11.6 Å². The van der Waals surface area contributed by atoms with Crippen molar-refractivity contribution < 1.29 is 9.59 Å². The van der Waals surface area contributed by atoms with Crippen LogP contribution in [-0.2, 0) is 11.3 Å². The predicted octanol–water partition coefficient (Wildman–Crippen LogP) is 4.21. The van der Waals surface area contributed by atoms with Gasteiger partial charge >= 0.3 is 0 Å². The van der Waals surface area contributed by atoms with Crippen LogP contribution < -0.4 is 10.2 Å². The van der Waals surface area contributed by atoms with Crippen LogP contribution in [0.5, 0.6) is 0 Å². The summed E-state index contributed by atoms with van der Waals surface area (Å²) in [5.74, 6) is 0.924. The number of anilines is 1. The third-order valence-corrected chi connectivity index (χ3v) is 7.36.